The molecule has 0 radical (unpaired) electrons. The lowest BCUT2D eigenvalue weighted by Crippen LogP contribution is -2.04. The molecule has 2 rings (SSSR count). The SMILES string of the molecule is CCOC(=O)c1nsc2ccc(Br)cc12. The van der Waals surface area contributed by atoms with E-state index in [1.54, 1.807) is 6.92 Å². The van der Waals surface area contributed by atoms with E-state index in [0.717, 1.165) is 14.6 Å². The molecule has 3 nitrogen and oxygen atoms in total. The van der Waals surface area contributed by atoms with E-state index in [2.05, 4.69) is 20.3 Å². The number of rotatable bonds is 2. The molecule has 0 aliphatic carbocycles. The molecule has 1 aromatic carbocycles. The first-order valence-electron chi connectivity index (χ1n) is 4.44. The summed E-state index contributed by atoms with van der Waals surface area (Å²) >= 11 is 4.67. The van der Waals surface area contributed by atoms with Gasteiger partial charge in [0.1, 0.15) is 0 Å². The molecule has 0 saturated heterocycles. The Bertz CT molecular complexity index is 509. The molecule has 2 aromatic rings. The van der Waals surface area contributed by atoms with Crippen molar-refractivity contribution in [2.75, 3.05) is 6.61 Å². The van der Waals surface area contributed by atoms with Gasteiger partial charge in [0.15, 0.2) is 5.69 Å². The van der Waals surface area contributed by atoms with E-state index < -0.39 is 0 Å². The minimum absolute atomic E-state index is 0.359. The maximum Gasteiger partial charge on any atom is 0.358 e. The molecular formula is C10H8BrNO2S. The van der Waals surface area contributed by atoms with Crippen LogP contribution in [0.2, 0.25) is 0 Å². The van der Waals surface area contributed by atoms with Crippen molar-refractivity contribution >= 4 is 43.5 Å². The van der Waals surface area contributed by atoms with Gasteiger partial charge in [-0.2, -0.15) is 4.37 Å². The molecule has 78 valence electrons. The summed E-state index contributed by atoms with van der Waals surface area (Å²) in [6, 6.07) is 5.74. The molecule has 0 spiro atoms. The van der Waals surface area contributed by atoms with Gasteiger partial charge in [0.25, 0.3) is 0 Å². The van der Waals surface area contributed by atoms with Gasteiger partial charge in [0.05, 0.1) is 11.3 Å². The summed E-state index contributed by atoms with van der Waals surface area (Å²) in [6.07, 6.45) is 0. The van der Waals surface area contributed by atoms with Crippen molar-refractivity contribution in [1.29, 1.82) is 0 Å². The number of carbonyl (C=O) groups is 1. The van der Waals surface area contributed by atoms with E-state index >= 15 is 0 Å². The van der Waals surface area contributed by atoms with Crippen LogP contribution in [0.15, 0.2) is 22.7 Å². The van der Waals surface area contributed by atoms with Crippen LogP contribution in [0.25, 0.3) is 10.1 Å². The van der Waals surface area contributed by atoms with Gasteiger partial charge in [0, 0.05) is 9.86 Å². The van der Waals surface area contributed by atoms with Crippen LogP contribution in [0.1, 0.15) is 17.4 Å². The predicted octanol–water partition coefficient (Wildman–Crippen LogP) is 3.24. The second-order valence-electron chi connectivity index (χ2n) is 2.89. The lowest BCUT2D eigenvalue weighted by atomic mass is 10.2. The molecule has 0 aliphatic heterocycles. The van der Waals surface area contributed by atoms with Crippen LogP contribution >= 0.6 is 27.5 Å². The summed E-state index contributed by atoms with van der Waals surface area (Å²) in [5.41, 5.74) is 0.401. The van der Waals surface area contributed by atoms with Gasteiger partial charge in [-0.15, -0.1) is 0 Å². The number of benzene rings is 1. The zero-order valence-corrected chi connectivity index (χ0v) is 10.4. The topological polar surface area (TPSA) is 39.2 Å². The average Bonchev–Trinajstić information content (AvgIpc) is 2.60. The number of halogens is 1. The van der Waals surface area contributed by atoms with E-state index in [4.69, 9.17) is 4.74 Å². The Balaban J connectivity index is 2.52. The molecule has 0 fully saturated rings. The average molecular weight is 286 g/mol. The highest BCUT2D eigenvalue weighted by Crippen LogP contribution is 2.26. The summed E-state index contributed by atoms with van der Waals surface area (Å²) in [5.74, 6) is -0.359. The van der Waals surface area contributed by atoms with Crippen molar-refractivity contribution in [2.45, 2.75) is 6.92 Å². The number of esters is 1. The Morgan fingerprint density at radius 3 is 3.13 bits per heavy atom. The molecule has 0 amide bonds. The molecular weight excluding hydrogens is 278 g/mol. The quantitative estimate of drug-likeness (QED) is 0.796. The second kappa shape index (κ2) is 4.28. The van der Waals surface area contributed by atoms with E-state index in [-0.39, 0.29) is 5.97 Å². The number of nitrogens with zero attached hydrogens (tertiary/aromatic N) is 1. The van der Waals surface area contributed by atoms with E-state index in [9.17, 15) is 4.79 Å². The number of fused-ring (bicyclic) bond motifs is 1. The van der Waals surface area contributed by atoms with Crippen molar-refractivity contribution in [3.05, 3.63) is 28.4 Å². The summed E-state index contributed by atoms with van der Waals surface area (Å²) in [6.45, 7) is 2.15. The Morgan fingerprint density at radius 2 is 2.40 bits per heavy atom. The summed E-state index contributed by atoms with van der Waals surface area (Å²) < 4.78 is 10.9. The van der Waals surface area contributed by atoms with Gasteiger partial charge in [-0.25, -0.2) is 4.79 Å². The van der Waals surface area contributed by atoms with E-state index in [0.29, 0.717) is 12.3 Å². The highest BCUT2D eigenvalue weighted by atomic mass is 79.9. The van der Waals surface area contributed by atoms with Crippen LogP contribution < -0.4 is 0 Å². The predicted molar refractivity (Wildman–Crippen MR) is 63.3 cm³/mol. The van der Waals surface area contributed by atoms with E-state index in [1.165, 1.54) is 11.5 Å². The maximum atomic E-state index is 11.5. The van der Waals surface area contributed by atoms with Gasteiger partial charge < -0.3 is 4.74 Å². The van der Waals surface area contributed by atoms with Gasteiger partial charge in [-0.05, 0) is 36.7 Å². The van der Waals surface area contributed by atoms with Crippen molar-refractivity contribution in [3.8, 4) is 0 Å². The third kappa shape index (κ3) is 2.03. The van der Waals surface area contributed by atoms with Gasteiger partial charge >= 0.3 is 5.97 Å². The van der Waals surface area contributed by atoms with Gasteiger partial charge in [-0.3, -0.25) is 0 Å². The Morgan fingerprint density at radius 1 is 1.60 bits per heavy atom. The zero-order valence-electron chi connectivity index (χ0n) is 7.99. The van der Waals surface area contributed by atoms with Crippen molar-refractivity contribution < 1.29 is 9.53 Å². The number of carbonyl (C=O) groups excluding carboxylic acids is 1. The fourth-order valence-corrected chi connectivity index (χ4v) is 2.36. The highest BCUT2D eigenvalue weighted by Gasteiger charge is 2.15. The van der Waals surface area contributed by atoms with Crippen molar-refractivity contribution in [3.63, 3.8) is 0 Å². The molecule has 0 bridgehead atoms. The molecule has 0 unspecified atom stereocenters. The largest absolute Gasteiger partial charge is 0.461 e. The van der Waals surface area contributed by atoms with Crippen molar-refractivity contribution in [1.82, 2.24) is 4.37 Å². The summed E-state index contributed by atoms with van der Waals surface area (Å²) in [4.78, 5) is 11.5. The minimum atomic E-state index is -0.359. The first-order chi connectivity index (χ1) is 7.22. The van der Waals surface area contributed by atoms with Crippen LogP contribution in [0, 0.1) is 0 Å². The molecule has 0 aliphatic rings. The third-order valence-corrected chi connectivity index (χ3v) is 3.22. The summed E-state index contributed by atoms with van der Waals surface area (Å²) in [7, 11) is 0. The van der Waals surface area contributed by atoms with Crippen LogP contribution in [0.5, 0.6) is 0 Å². The van der Waals surface area contributed by atoms with Crippen molar-refractivity contribution in [2.24, 2.45) is 0 Å². The van der Waals surface area contributed by atoms with Crippen LogP contribution in [-0.4, -0.2) is 16.9 Å². The lowest BCUT2D eigenvalue weighted by Gasteiger charge is -1.98. The fourth-order valence-electron chi connectivity index (χ4n) is 1.26. The molecule has 0 N–H and O–H groups in total. The Hall–Kier alpha value is -0.940. The van der Waals surface area contributed by atoms with Crippen LogP contribution in [0.3, 0.4) is 0 Å². The lowest BCUT2D eigenvalue weighted by molar-refractivity contribution is 0.0523. The smallest absolute Gasteiger partial charge is 0.358 e. The third-order valence-electron chi connectivity index (χ3n) is 1.90. The number of ether oxygens (including phenoxy) is 1. The maximum absolute atomic E-state index is 11.5. The highest BCUT2D eigenvalue weighted by molar-refractivity contribution is 9.10. The molecule has 0 saturated carbocycles. The monoisotopic (exact) mass is 285 g/mol. The molecule has 5 heteroatoms. The molecule has 0 atom stereocenters. The Kier molecular flexibility index (Phi) is 3.02. The fraction of sp³-hybridized carbons (Fsp3) is 0.200. The standard InChI is InChI=1S/C10H8BrNO2S/c1-2-14-10(13)9-7-5-6(11)3-4-8(7)15-12-9/h3-5H,2H2,1H3. The zero-order chi connectivity index (χ0) is 10.8. The van der Waals surface area contributed by atoms with Crippen LogP contribution in [0.4, 0.5) is 0 Å². The van der Waals surface area contributed by atoms with Gasteiger partial charge in [-0.1, -0.05) is 15.9 Å². The summed E-state index contributed by atoms with van der Waals surface area (Å²) in [5, 5.41) is 0.841. The number of hydrogen-bond acceptors (Lipinski definition) is 4. The first-order valence-corrected chi connectivity index (χ1v) is 6.01. The molecule has 15 heavy (non-hydrogen) atoms. The van der Waals surface area contributed by atoms with Gasteiger partial charge in [0.2, 0.25) is 0 Å². The number of aromatic nitrogens is 1. The van der Waals surface area contributed by atoms with Crippen LogP contribution in [-0.2, 0) is 4.74 Å². The second-order valence-corrected chi connectivity index (χ2v) is 4.61. The normalized spacial score (nSPS) is 10.5. The Labute approximate surface area is 99.4 Å². The molecule has 1 heterocycles. The number of hydrogen-bond donors (Lipinski definition) is 0. The molecule has 1 aromatic heterocycles. The minimum Gasteiger partial charge on any atom is -0.461 e. The first kappa shape index (κ1) is 10.6. The van der Waals surface area contributed by atoms with E-state index in [1.807, 2.05) is 18.2 Å².